The number of carbonyl (C=O) groups is 5. The number of ether oxygens (including phenoxy) is 3. The van der Waals surface area contributed by atoms with Crippen LogP contribution in [0.1, 0.15) is 82.7 Å². The highest BCUT2D eigenvalue weighted by atomic mass is 16.6. The summed E-state index contributed by atoms with van der Waals surface area (Å²) in [6.45, 7) is 3.74. The van der Waals surface area contributed by atoms with Crippen molar-refractivity contribution in [3.05, 3.63) is 88.0 Å². The van der Waals surface area contributed by atoms with Gasteiger partial charge in [0, 0.05) is 62.3 Å². The first-order valence-corrected chi connectivity index (χ1v) is 13.9. The molecule has 1 heterocycles. The number of esters is 3. The quantitative estimate of drug-likeness (QED) is 0.189. The molecular formula is C32H27BO10. The zero-order valence-corrected chi connectivity index (χ0v) is 23.8. The number of carbonyl (C=O) groups excluding carboxylic acids is 5. The van der Waals surface area contributed by atoms with E-state index in [0.717, 1.165) is 5.46 Å². The van der Waals surface area contributed by atoms with Gasteiger partial charge in [0.25, 0.3) is 0 Å². The van der Waals surface area contributed by atoms with Gasteiger partial charge in [-0.25, -0.2) is 0 Å². The molecule has 0 amide bonds. The van der Waals surface area contributed by atoms with Gasteiger partial charge in [0.2, 0.25) is 0 Å². The van der Waals surface area contributed by atoms with Crippen LogP contribution in [0.15, 0.2) is 54.6 Å². The summed E-state index contributed by atoms with van der Waals surface area (Å²) in [5.41, 5.74) is 0.357. The maximum absolute atomic E-state index is 14.0. The van der Waals surface area contributed by atoms with E-state index in [1.165, 1.54) is 32.9 Å². The molecule has 0 spiro atoms. The molecule has 2 aliphatic carbocycles. The van der Waals surface area contributed by atoms with Crippen LogP contribution in [-0.4, -0.2) is 48.8 Å². The molecule has 0 saturated carbocycles. The molecule has 0 radical (unpaired) electrons. The second-order valence-electron chi connectivity index (χ2n) is 10.8. The average Bonchev–Trinajstić information content (AvgIpc) is 2.96. The maximum Gasteiger partial charge on any atom is 0.494 e. The molecule has 218 valence electrons. The smallest absolute Gasteiger partial charge is 0.466 e. The van der Waals surface area contributed by atoms with E-state index < -0.39 is 48.3 Å². The van der Waals surface area contributed by atoms with Gasteiger partial charge < -0.3 is 23.5 Å². The van der Waals surface area contributed by atoms with Crippen molar-refractivity contribution < 1.29 is 47.5 Å². The number of benzene rings is 3. The summed E-state index contributed by atoms with van der Waals surface area (Å²) in [5.74, 6) is -3.17. The Morgan fingerprint density at radius 2 is 1.42 bits per heavy atom. The van der Waals surface area contributed by atoms with E-state index >= 15 is 0 Å². The molecule has 0 unspecified atom stereocenters. The summed E-state index contributed by atoms with van der Waals surface area (Å²) >= 11 is 0. The molecule has 1 saturated heterocycles. The Kier molecular flexibility index (Phi) is 7.23. The van der Waals surface area contributed by atoms with E-state index in [-0.39, 0.29) is 59.6 Å². The zero-order chi connectivity index (χ0) is 30.5. The largest absolute Gasteiger partial charge is 0.494 e. The van der Waals surface area contributed by atoms with Crippen molar-refractivity contribution in [3.8, 4) is 11.5 Å². The highest BCUT2D eigenvalue weighted by Crippen LogP contribution is 2.55. The first kappa shape index (κ1) is 28.5. The van der Waals surface area contributed by atoms with E-state index in [1.807, 2.05) is 30.3 Å². The Morgan fingerprint density at radius 3 is 2.02 bits per heavy atom. The normalized spacial score (nSPS) is 20.0. The van der Waals surface area contributed by atoms with E-state index in [1.54, 1.807) is 12.1 Å². The molecule has 3 aromatic rings. The standard InChI is InChI=1S/C32H27BO10/c1-17(34)39-14-13-32-15-23-25(24(16-32)42-33(43-32)20-9-5-4-6-10-20)31(41-19(3)36)27-26(30(23)40-18(2)35)28(37)21-11-7-8-12-22(21)29(27)38/h4-12,24H,13-16H2,1-3H3/t24-,32-/m0/s1. The Hall–Kier alpha value is -4.61. The maximum atomic E-state index is 14.0. The van der Waals surface area contributed by atoms with Crippen LogP contribution in [0.4, 0.5) is 0 Å². The molecule has 0 N–H and O–H groups in total. The Morgan fingerprint density at radius 1 is 0.837 bits per heavy atom. The van der Waals surface area contributed by atoms with Crippen LogP contribution >= 0.6 is 0 Å². The van der Waals surface area contributed by atoms with Crippen LogP contribution < -0.4 is 14.9 Å². The number of ketones is 2. The van der Waals surface area contributed by atoms with Crippen LogP contribution in [-0.2, 0) is 34.9 Å². The number of hydrogen-bond donors (Lipinski definition) is 0. The third-order valence-electron chi connectivity index (χ3n) is 7.87. The Balaban J connectivity index is 1.62. The van der Waals surface area contributed by atoms with Gasteiger partial charge in [-0.3, -0.25) is 24.0 Å². The Bertz CT molecular complexity index is 1700. The van der Waals surface area contributed by atoms with Gasteiger partial charge in [0.05, 0.1) is 29.4 Å². The highest BCUT2D eigenvalue weighted by Gasteiger charge is 2.53. The molecule has 2 bridgehead atoms. The van der Waals surface area contributed by atoms with Gasteiger partial charge in [0.15, 0.2) is 11.6 Å². The van der Waals surface area contributed by atoms with Gasteiger partial charge in [-0.15, -0.1) is 0 Å². The fourth-order valence-corrected chi connectivity index (χ4v) is 6.21. The molecule has 1 aliphatic heterocycles. The van der Waals surface area contributed by atoms with Crippen LogP contribution in [0.2, 0.25) is 0 Å². The monoisotopic (exact) mass is 582 g/mol. The predicted octanol–water partition coefficient (Wildman–Crippen LogP) is 3.43. The first-order chi connectivity index (χ1) is 20.6. The van der Waals surface area contributed by atoms with E-state index in [4.69, 9.17) is 23.5 Å². The molecule has 2 atom stereocenters. The minimum Gasteiger partial charge on any atom is -0.466 e. The molecule has 6 rings (SSSR count). The van der Waals surface area contributed by atoms with Crippen molar-refractivity contribution >= 4 is 42.1 Å². The molecule has 10 nitrogen and oxygen atoms in total. The number of rotatable bonds is 6. The van der Waals surface area contributed by atoms with Crippen molar-refractivity contribution in [2.75, 3.05) is 6.61 Å². The first-order valence-electron chi connectivity index (χ1n) is 13.9. The SMILES string of the molecule is CC(=O)OCC[C@]12Cc3c(OC(C)=O)c4c(c(OC(C)=O)c3[C@H](C1)OB(c1ccccc1)O2)C(=O)c1ccccc1C4=O. The van der Waals surface area contributed by atoms with Crippen molar-refractivity contribution in [1.29, 1.82) is 0 Å². The zero-order valence-electron chi connectivity index (χ0n) is 23.8. The lowest BCUT2D eigenvalue weighted by Crippen LogP contribution is -2.56. The second-order valence-corrected chi connectivity index (χ2v) is 10.8. The van der Waals surface area contributed by atoms with E-state index in [2.05, 4.69) is 0 Å². The van der Waals surface area contributed by atoms with Crippen molar-refractivity contribution in [1.82, 2.24) is 0 Å². The third-order valence-corrected chi connectivity index (χ3v) is 7.87. The van der Waals surface area contributed by atoms with Gasteiger partial charge in [-0.2, -0.15) is 0 Å². The van der Waals surface area contributed by atoms with Crippen LogP contribution in [0, 0.1) is 0 Å². The lowest BCUT2D eigenvalue weighted by Gasteiger charge is -2.49. The van der Waals surface area contributed by atoms with Crippen molar-refractivity contribution in [2.45, 2.75) is 51.7 Å². The highest BCUT2D eigenvalue weighted by molar-refractivity contribution is 6.61. The number of fused-ring (bicyclic) bond motifs is 6. The summed E-state index contributed by atoms with van der Waals surface area (Å²) in [5, 5.41) is 0. The second kappa shape index (κ2) is 10.9. The van der Waals surface area contributed by atoms with Gasteiger partial charge in [-0.05, 0) is 5.46 Å². The molecule has 11 heteroatoms. The van der Waals surface area contributed by atoms with E-state index in [0.29, 0.717) is 11.1 Å². The lowest BCUT2D eigenvalue weighted by atomic mass is 9.67. The molecular weight excluding hydrogens is 555 g/mol. The molecule has 43 heavy (non-hydrogen) atoms. The fourth-order valence-electron chi connectivity index (χ4n) is 6.21. The molecule has 3 aromatic carbocycles. The summed E-state index contributed by atoms with van der Waals surface area (Å²) < 4.78 is 29.8. The topological polar surface area (TPSA) is 132 Å². The fraction of sp³-hybridized carbons (Fsp3) is 0.281. The van der Waals surface area contributed by atoms with Crippen molar-refractivity contribution in [3.63, 3.8) is 0 Å². The molecule has 1 fully saturated rings. The minimum atomic E-state index is -0.998. The van der Waals surface area contributed by atoms with Gasteiger partial charge in [0.1, 0.15) is 11.5 Å². The van der Waals surface area contributed by atoms with Crippen LogP contribution in [0.5, 0.6) is 11.5 Å². The summed E-state index contributed by atoms with van der Waals surface area (Å²) in [6.07, 6.45) is -0.227. The summed E-state index contributed by atoms with van der Waals surface area (Å²) in [4.78, 5) is 64.6. The molecule has 3 aliphatic rings. The number of hydrogen-bond acceptors (Lipinski definition) is 10. The predicted molar refractivity (Wildman–Crippen MR) is 151 cm³/mol. The van der Waals surface area contributed by atoms with E-state index in [9.17, 15) is 24.0 Å². The van der Waals surface area contributed by atoms with Gasteiger partial charge in [-0.1, -0.05) is 54.6 Å². The van der Waals surface area contributed by atoms with Gasteiger partial charge >= 0.3 is 25.0 Å². The lowest BCUT2D eigenvalue weighted by molar-refractivity contribution is -0.144. The Labute approximate surface area is 247 Å². The summed E-state index contributed by atoms with van der Waals surface area (Å²) in [7, 11) is -0.859. The third kappa shape index (κ3) is 5.04. The van der Waals surface area contributed by atoms with Crippen LogP contribution in [0.3, 0.4) is 0 Å². The summed E-state index contributed by atoms with van der Waals surface area (Å²) in [6, 6.07) is 15.5. The van der Waals surface area contributed by atoms with Crippen molar-refractivity contribution in [2.24, 2.45) is 0 Å². The molecule has 0 aromatic heterocycles. The average molecular weight is 582 g/mol. The minimum absolute atomic E-state index is 0.0360. The van der Waals surface area contributed by atoms with Crippen LogP contribution in [0.25, 0.3) is 0 Å².